The lowest BCUT2D eigenvalue weighted by Crippen LogP contribution is -1.97. The van der Waals surface area contributed by atoms with Gasteiger partial charge < -0.3 is 14.8 Å². The number of hydrogen-bond donors (Lipinski definition) is 1. The number of benzene rings is 2. The third-order valence-corrected chi connectivity index (χ3v) is 3.54. The number of methoxy groups -OCH3 is 2. The van der Waals surface area contributed by atoms with Crippen LogP contribution in [0.4, 0.5) is 11.4 Å². The lowest BCUT2D eigenvalue weighted by atomic mass is 10.1. The minimum atomic E-state index is 0.638. The van der Waals surface area contributed by atoms with Crippen molar-refractivity contribution in [3.8, 4) is 11.6 Å². The number of aromatic nitrogens is 1. The Kier molecular flexibility index (Phi) is 3.83. The molecule has 0 aliphatic carbocycles. The fraction of sp³-hybridized carbons (Fsp3) is 0.167. The number of hydrogen-bond acceptors (Lipinski definition) is 4. The molecule has 3 rings (SSSR count). The Morgan fingerprint density at radius 3 is 2.41 bits per heavy atom. The van der Waals surface area contributed by atoms with Gasteiger partial charge >= 0.3 is 0 Å². The summed E-state index contributed by atoms with van der Waals surface area (Å²) in [5.74, 6) is 1.44. The average molecular weight is 294 g/mol. The highest BCUT2D eigenvalue weighted by atomic mass is 16.5. The average Bonchev–Trinajstić information content (AvgIpc) is 2.55. The summed E-state index contributed by atoms with van der Waals surface area (Å²) in [5, 5.41) is 5.48. The maximum absolute atomic E-state index is 5.40. The minimum Gasteiger partial charge on any atom is -0.495 e. The van der Waals surface area contributed by atoms with Crippen LogP contribution in [0.5, 0.6) is 11.6 Å². The van der Waals surface area contributed by atoms with E-state index in [1.165, 1.54) is 0 Å². The van der Waals surface area contributed by atoms with Crippen molar-refractivity contribution in [1.29, 1.82) is 0 Å². The van der Waals surface area contributed by atoms with Crippen LogP contribution in [0.3, 0.4) is 0 Å². The van der Waals surface area contributed by atoms with E-state index in [4.69, 9.17) is 9.47 Å². The molecule has 0 aliphatic rings. The van der Waals surface area contributed by atoms with Gasteiger partial charge in [-0.15, -0.1) is 0 Å². The zero-order chi connectivity index (χ0) is 15.5. The summed E-state index contributed by atoms with van der Waals surface area (Å²) in [6, 6.07) is 15.9. The molecule has 2 aromatic carbocycles. The highest BCUT2D eigenvalue weighted by Crippen LogP contribution is 2.34. The van der Waals surface area contributed by atoms with Gasteiger partial charge in [-0.2, -0.15) is 0 Å². The lowest BCUT2D eigenvalue weighted by molar-refractivity contribution is 0.402. The molecular formula is C18H18N2O2. The van der Waals surface area contributed by atoms with Crippen LogP contribution >= 0.6 is 0 Å². The number of anilines is 2. The molecule has 0 saturated carbocycles. The van der Waals surface area contributed by atoms with Crippen molar-refractivity contribution in [2.45, 2.75) is 6.92 Å². The molecule has 0 saturated heterocycles. The van der Waals surface area contributed by atoms with Crippen molar-refractivity contribution in [1.82, 2.24) is 4.98 Å². The van der Waals surface area contributed by atoms with Crippen molar-refractivity contribution in [3.05, 3.63) is 54.2 Å². The van der Waals surface area contributed by atoms with Crippen molar-refractivity contribution < 1.29 is 9.47 Å². The number of aryl methyl sites for hydroxylation is 1. The molecule has 0 amide bonds. The maximum Gasteiger partial charge on any atom is 0.221 e. The molecular weight excluding hydrogens is 276 g/mol. The molecule has 1 N–H and O–H groups in total. The molecule has 4 heteroatoms. The molecule has 0 fully saturated rings. The fourth-order valence-electron chi connectivity index (χ4n) is 2.53. The zero-order valence-corrected chi connectivity index (χ0v) is 12.9. The summed E-state index contributed by atoms with van der Waals surface area (Å²) < 4.78 is 10.8. The fourth-order valence-corrected chi connectivity index (χ4v) is 2.53. The molecule has 0 atom stereocenters. The standard InChI is InChI=1S/C18H18N2O2/c1-12-11-14-13(18(19-12)22-3)7-6-9-15(14)20-16-8-4-5-10-17(16)21-2/h4-11,20H,1-3H3. The highest BCUT2D eigenvalue weighted by molar-refractivity contribution is 5.98. The van der Waals surface area contributed by atoms with Gasteiger partial charge in [-0.25, -0.2) is 4.98 Å². The van der Waals surface area contributed by atoms with Crippen LogP contribution in [0.2, 0.25) is 0 Å². The van der Waals surface area contributed by atoms with E-state index in [0.29, 0.717) is 5.88 Å². The van der Waals surface area contributed by atoms with Crippen molar-refractivity contribution in [2.75, 3.05) is 19.5 Å². The molecule has 0 spiro atoms. The predicted octanol–water partition coefficient (Wildman–Crippen LogP) is 4.30. The second-order valence-corrected chi connectivity index (χ2v) is 5.00. The van der Waals surface area contributed by atoms with Gasteiger partial charge in [0.2, 0.25) is 5.88 Å². The second-order valence-electron chi connectivity index (χ2n) is 5.00. The van der Waals surface area contributed by atoms with E-state index in [1.807, 2.05) is 49.4 Å². The van der Waals surface area contributed by atoms with Gasteiger partial charge in [0.1, 0.15) is 5.75 Å². The van der Waals surface area contributed by atoms with Gasteiger partial charge in [0.25, 0.3) is 0 Å². The van der Waals surface area contributed by atoms with Gasteiger partial charge in [0, 0.05) is 22.2 Å². The number of nitrogens with zero attached hydrogens (tertiary/aromatic N) is 1. The molecule has 0 unspecified atom stereocenters. The third kappa shape index (κ3) is 2.55. The summed E-state index contributed by atoms with van der Waals surface area (Å²) in [6.45, 7) is 1.96. The highest BCUT2D eigenvalue weighted by Gasteiger charge is 2.10. The summed E-state index contributed by atoms with van der Waals surface area (Å²) in [7, 11) is 3.31. The largest absolute Gasteiger partial charge is 0.495 e. The predicted molar refractivity (Wildman–Crippen MR) is 89.3 cm³/mol. The molecule has 0 aliphatic heterocycles. The smallest absolute Gasteiger partial charge is 0.221 e. The van der Waals surface area contributed by atoms with E-state index < -0.39 is 0 Å². The van der Waals surface area contributed by atoms with E-state index >= 15 is 0 Å². The lowest BCUT2D eigenvalue weighted by Gasteiger charge is -2.14. The topological polar surface area (TPSA) is 43.4 Å². The summed E-state index contributed by atoms with van der Waals surface area (Å²) in [4.78, 5) is 4.43. The van der Waals surface area contributed by atoms with Gasteiger partial charge in [-0.1, -0.05) is 18.2 Å². The molecule has 3 aromatic rings. The first kappa shape index (κ1) is 14.2. The number of nitrogens with one attached hydrogen (secondary N) is 1. The molecule has 1 aromatic heterocycles. The SMILES string of the molecule is COc1ccccc1Nc1cccc2c(OC)nc(C)cc12. The van der Waals surface area contributed by atoms with Crippen LogP contribution < -0.4 is 14.8 Å². The molecule has 0 bridgehead atoms. The number of ether oxygens (including phenoxy) is 2. The first-order valence-electron chi connectivity index (χ1n) is 7.07. The van der Waals surface area contributed by atoms with E-state index in [2.05, 4.69) is 16.4 Å². The van der Waals surface area contributed by atoms with E-state index in [-0.39, 0.29) is 0 Å². The normalized spacial score (nSPS) is 10.5. The summed E-state index contributed by atoms with van der Waals surface area (Å²) >= 11 is 0. The Labute approximate surface area is 129 Å². The first-order valence-corrected chi connectivity index (χ1v) is 7.07. The molecule has 1 heterocycles. The van der Waals surface area contributed by atoms with Crippen molar-refractivity contribution in [2.24, 2.45) is 0 Å². The van der Waals surface area contributed by atoms with Crippen LogP contribution in [-0.2, 0) is 0 Å². The van der Waals surface area contributed by atoms with E-state index in [9.17, 15) is 0 Å². The van der Waals surface area contributed by atoms with Crippen LogP contribution in [-0.4, -0.2) is 19.2 Å². The minimum absolute atomic E-state index is 0.638. The van der Waals surface area contributed by atoms with Gasteiger partial charge in [0.15, 0.2) is 0 Å². The zero-order valence-electron chi connectivity index (χ0n) is 12.9. The Morgan fingerprint density at radius 2 is 1.64 bits per heavy atom. The summed E-state index contributed by atoms with van der Waals surface area (Å²) in [5.41, 5.74) is 2.83. The molecule has 0 radical (unpaired) electrons. The van der Waals surface area contributed by atoms with Gasteiger partial charge in [-0.05, 0) is 37.3 Å². The van der Waals surface area contributed by atoms with Crippen molar-refractivity contribution in [3.63, 3.8) is 0 Å². The van der Waals surface area contributed by atoms with Crippen molar-refractivity contribution >= 4 is 22.1 Å². The van der Waals surface area contributed by atoms with E-state index in [1.54, 1.807) is 14.2 Å². The monoisotopic (exact) mass is 294 g/mol. The Morgan fingerprint density at radius 1 is 0.864 bits per heavy atom. The van der Waals surface area contributed by atoms with E-state index in [0.717, 1.165) is 33.6 Å². The number of para-hydroxylation sites is 2. The molecule has 4 nitrogen and oxygen atoms in total. The summed E-state index contributed by atoms with van der Waals surface area (Å²) in [6.07, 6.45) is 0. The molecule has 112 valence electrons. The quantitative estimate of drug-likeness (QED) is 0.779. The Balaban J connectivity index is 2.13. The Hall–Kier alpha value is -2.75. The van der Waals surface area contributed by atoms with Crippen LogP contribution in [0.25, 0.3) is 10.8 Å². The van der Waals surface area contributed by atoms with Crippen LogP contribution in [0.1, 0.15) is 5.69 Å². The third-order valence-electron chi connectivity index (χ3n) is 3.54. The maximum atomic E-state index is 5.40. The van der Waals surface area contributed by atoms with Gasteiger partial charge in [-0.3, -0.25) is 0 Å². The molecule has 22 heavy (non-hydrogen) atoms. The number of rotatable bonds is 4. The second kappa shape index (κ2) is 5.93. The van der Waals surface area contributed by atoms with Gasteiger partial charge in [0.05, 0.1) is 19.9 Å². The number of pyridine rings is 1. The first-order chi connectivity index (χ1) is 10.7. The Bertz CT molecular complexity index is 815. The van der Waals surface area contributed by atoms with Crippen LogP contribution in [0, 0.1) is 6.92 Å². The van der Waals surface area contributed by atoms with Crippen LogP contribution in [0.15, 0.2) is 48.5 Å². The number of fused-ring (bicyclic) bond motifs is 1.